The average Bonchev–Trinajstić information content (AvgIpc) is 3.40. The van der Waals surface area contributed by atoms with E-state index < -0.39 is 0 Å². The molecule has 5 nitrogen and oxygen atoms in total. The van der Waals surface area contributed by atoms with E-state index in [0.717, 1.165) is 30.0 Å². The zero-order valence-corrected chi connectivity index (χ0v) is 16.5. The van der Waals surface area contributed by atoms with Crippen molar-refractivity contribution < 1.29 is 13.9 Å². The zero-order valence-electron chi connectivity index (χ0n) is 14.9. The van der Waals surface area contributed by atoms with Crippen LogP contribution < -0.4 is 10.6 Å². The van der Waals surface area contributed by atoms with Gasteiger partial charge in [-0.3, -0.25) is 4.79 Å². The number of benzene rings is 1. The van der Waals surface area contributed by atoms with Gasteiger partial charge in [0.25, 0.3) is 0 Å². The molecule has 0 radical (unpaired) electrons. The summed E-state index contributed by atoms with van der Waals surface area (Å²) >= 11 is 1.46. The molecule has 2 N–H and O–H groups in total. The fraction of sp³-hybridized carbons (Fsp3) is 0.474. The largest absolute Gasteiger partial charge is 0.378 e. The molecule has 146 valence electrons. The summed E-state index contributed by atoms with van der Waals surface area (Å²) in [7, 11) is 0. The summed E-state index contributed by atoms with van der Waals surface area (Å²) in [6.45, 7) is 2.01. The number of hydrogen-bond acceptors (Lipinski definition) is 5. The van der Waals surface area contributed by atoms with Gasteiger partial charge in [-0.2, -0.15) is 0 Å². The Balaban J connectivity index is 0.00000210. The van der Waals surface area contributed by atoms with Gasteiger partial charge < -0.3 is 15.4 Å². The first-order valence-corrected chi connectivity index (χ1v) is 9.84. The Kier molecular flexibility index (Phi) is 6.81. The van der Waals surface area contributed by atoms with Gasteiger partial charge in [-0.15, -0.1) is 23.7 Å². The second-order valence-electron chi connectivity index (χ2n) is 6.85. The minimum atomic E-state index is -0.198. The van der Waals surface area contributed by atoms with Crippen molar-refractivity contribution in [3.63, 3.8) is 0 Å². The molecular weight excluding hydrogens is 389 g/mol. The number of carbonyl (C=O) groups excluding carboxylic acids is 1. The summed E-state index contributed by atoms with van der Waals surface area (Å²) in [5.74, 6) is 0.185. The molecule has 1 saturated carbocycles. The molecule has 1 amide bonds. The molecule has 1 atom stereocenters. The number of carbonyl (C=O) groups is 1. The van der Waals surface area contributed by atoms with Crippen LogP contribution in [0.15, 0.2) is 24.3 Å². The van der Waals surface area contributed by atoms with Crippen LogP contribution in [0.4, 0.5) is 9.52 Å². The van der Waals surface area contributed by atoms with Crippen molar-refractivity contribution in [2.24, 2.45) is 0 Å². The molecular formula is C19H23ClFN3O2S. The minimum absolute atomic E-state index is 0. The van der Waals surface area contributed by atoms with Crippen LogP contribution >= 0.6 is 23.7 Å². The first-order valence-electron chi connectivity index (χ1n) is 9.03. The van der Waals surface area contributed by atoms with Crippen LogP contribution in [0, 0.1) is 5.82 Å². The topological polar surface area (TPSA) is 63.2 Å². The number of ether oxygens (including phenoxy) is 1. The van der Waals surface area contributed by atoms with Crippen molar-refractivity contribution in [1.29, 1.82) is 0 Å². The Morgan fingerprint density at radius 3 is 2.89 bits per heavy atom. The number of aromatic nitrogens is 1. The number of thiazole rings is 1. The van der Waals surface area contributed by atoms with Crippen LogP contribution in [0.25, 0.3) is 0 Å². The lowest BCUT2D eigenvalue weighted by molar-refractivity contribution is -0.117. The van der Waals surface area contributed by atoms with E-state index >= 15 is 0 Å². The normalized spacial score (nSPS) is 19.4. The lowest BCUT2D eigenvalue weighted by Crippen LogP contribution is -2.43. The van der Waals surface area contributed by atoms with Crippen molar-refractivity contribution in [3.8, 4) is 0 Å². The first kappa shape index (κ1) is 20.2. The van der Waals surface area contributed by atoms with Crippen molar-refractivity contribution in [2.45, 2.75) is 37.6 Å². The molecule has 2 fully saturated rings. The van der Waals surface area contributed by atoms with Gasteiger partial charge in [0.1, 0.15) is 5.82 Å². The van der Waals surface area contributed by atoms with Crippen LogP contribution in [0.3, 0.4) is 0 Å². The molecule has 2 aliphatic rings. The Labute approximate surface area is 168 Å². The van der Waals surface area contributed by atoms with Gasteiger partial charge in [0.05, 0.1) is 18.9 Å². The van der Waals surface area contributed by atoms with Gasteiger partial charge in [0, 0.05) is 36.2 Å². The summed E-state index contributed by atoms with van der Waals surface area (Å²) in [6, 6.07) is 6.87. The molecule has 1 saturated heterocycles. The molecule has 0 bridgehead atoms. The molecule has 1 unspecified atom stereocenters. The minimum Gasteiger partial charge on any atom is -0.378 e. The van der Waals surface area contributed by atoms with Crippen molar-refractivity contribution in [2.75, 3.05) is 25.1 Å². The van der Waals surface area contributed by atoms with Crippen molar-refractivity contribution in [3.05, 3.63) is 46.2 Å². The average molecular weight is 412 g/mol. The van der Waals surface area contributed by atoms with Crippen LogP contribution in [-0.2, 0) is 16.0 Å². The third-order valence-electron chi connectivity index (χ3n) is 4.68. The van der Waals surface area contributed by atoms with Crippen molar-refractivity contribution >= 4 is 34.8 Å². The highest BCUT2D eigenvalue weighted by Crippen LogP contribution is 2.44. The molecule has 4 rings (SSSR count). The Morgan fingerprint density at radius 1 is 1.37 bits per heavy atom. The molecule has 1 aliphatic carbocycles. The van der Waals surface area contributed by atoms with E-state index in [-0.39, 0.29) is 30.2 Å². The number of nitrogens with one attached hydrogen (secondary N) is 2. The summed E-state index contributed by atoms with van der Waals surface area (Å²) in [5, 5.41) is 6.80. The second-order valence-corrected chi connectivity index (χ2v) is 7.93. The number of halogens is 2. The van der Waals surface area contributed by atoms with Crippen LogP contribution in [0.2, 0.25) is 0 Å². The molecule has 1 aromatic heterocycles. The van der Waals surface area contributed by atoms with E-state index in [0.29, 0.717) is 42.7 Å². The highest BCUT2D eigenvalue weighted by atomic mass is 35.5. The lowest BCUT2D eigenvalue weighted by Gasteiger charge is -2.22. The predicted molar refractivity (Wildman–Crippen MR) is 106 cm³/mol. The number of anilines is 1. The first-order chi connectivity index (χ1) is 12.7. The highest BCUT2D eigenvalue weighted by Gasteiger charge is 2.30. The van der Waals surface area contributed by atoms with E-state index in [4.69, 9.17) is 4.74 Å². The molecule has 2 heterocycles. The van der Waals surface area contributed by atoms with E-state index in [1.165, 1.54) is 17.4 Å². The van der Waals surface area contributed by atoms with E-state index in [9.17, 15) is 9.18 Å². The summed E-state index contributed by atoms with van der Waals surface area (Å²) in [5.41, 5.74) is 1.69. The van der Waals surface area contributed by atoms with Gasteiger partial charge in [-0.1, -0.05) is 18.2 Å². The fourth-order valence-corrected chi connectivity index (χ4v) is 4.27. The Bertz CT molecular complexity index is 791. The van der Waals surface area contributed by atoms with Gasteiger partial charge in [0.15, 0.2) is 5.13 Å². The number of amides is 1. The van der Waals surface area contributed by atoms with Gasteiger partial charge in [-0.05, 0) is 24.5 Å². The second kappa shape index (κ2) is 9.10. The number of hydrogen-bond donors (Lipinski definition) is 2. The summed E-state index contributed by atoms with van der Waals surface area (Å²) < 4.78 is 19.4. The monoisotopic (exact) mass is 411 g/mol. The standard InChI is InChI=1S/C19H22FN3O2S.ClH/c20-15-4-2-1-3-13(15)9-16-18(12-5-6-12)23-19(26-16)22-17(24)10-14-11-25-8-7-21-14;/h1-4,12,14,21H,5-11H2,(H,22,23,24);1H. The third kappa shape index (κ3) is 5.25. The highest BCUT2D eigenvalue weighted by molar-refractivity contribution is 7.15. The maximum absolute atomic E-state index is 14.0. The maximum Gasteiger partial charge on any atom is 0.227 e. The Hall–Kier alpha value is -1.54. The van der Waals surface area contributed by atoms with Crippen molar-refractivity contribution in [1.82, 2.24) is 10.3 Å². The van der Waals surface area contributed by atoms with E-state index in [2.05, 4.69) is 15.6 Å². The van der Waals surface area contributed by atoms with E-state index in [1.54, 1.807) is 12.1 Å². The molecule has 8 heteroatoms. The number of nitrogens with zero attached hydrogens (tertiary/aromatic N) is 1. The maximum atomic E-state index is 14.0. The summed E-state index contributed by atoms with van der Waals surface area (Å²) in [6.07, 6.45) is 3.11. The SMILES string of the molecule is Cl.O=C(CC1COCCN1)Nc1nc(C2CC2)c(Cc2ccccc2F)s1. The van der Waals surface area contributed by atoms with Crippen LogP contribution in [0.1, 0.15) is 41.3 Å². The molecule has 1 aliphatic heterocycles. The van der Waals surface area contributed by atoms with E-state index in [1.807, 2.05) is 6.07 Å². The summed E-state index contributed by atoms with van der Waals surface area (Å²) in [4.78, 5) is 18.0. The Morgan fingerprint density at radius 2 is 2.19 bits per heavy atom. The van der Waals surface area contributed by atoms with Crippen LogP contribution in [-0.4, -0.2) is 36.7 Å². The quantitative estimate of drug-likeness (QED) is 0.763. The van der Waals surface area contributed by atoms with Gasteiger partial charge in [0.2, 0.25) is 5.91 Å². The molecule has 27 heavy (non-hydrogen) atoms. The lowest BCUT2D eigenvalue weighted by atomic mass is 10.1. The van der Waals surface area contributed by atoms with Gasteiger partial charge >= 0.3 is 0 Å². The predicted octanol–water partition coefficient (Wildman–Crippen LogP) is 3.49. The van der Waals surface area contributed by atoms with Crippen LogP contribution in [0.5, 0.6) is 0 Å². The smallest absolute Gasteiger partial charge is 0.227 e. The van der Waals surface area contributed by atoms with Gasteiger partial charge in [-0.25, -0.2) is 9.37 Å². The third-order valence-corrected chi connectivity index (χ3v) is 5.66. The number of rotatable bonds is 6. The molecule has 0 spiro atoms. The molecule has 2 aromatic rings. The molecule has 1 aromatic carbocycles. The number of morpholine rings is 1. The zero-order chi connectivity index (χ0) is 17.9. The fourth-order valence-electron chi connectivity index (χ4n) is 3.18.